The third-order valence-electron chi connectivity index (χ3n) is 5.38. The molecule has 1 aliphatic heterocycles. The molecule has 1 aromatic heterocycles. The van der Waals surface area contributed by atoms with E-state index in [0.29, 0.717) is 24.6 Å². The number of hydrogen-bond acceptors (Lipinski definition) is 5. The topological polar surface area (TPSA) is 62.5 Å². The number of hydrogen-bond donors (Lipinski definition) is 0. The van der Waals surface area contributed by atoms with Crippen molar-refractivity contribution in [3.05, 3.63) is 70.6 Å². The van der Waals surface area contributed by atoms with Crippen molar-refractivity contribution in [2.75, 3.05) is 26.2 Å². The van der Waals surface area contributed by atoms with Gasteiger partial charge >= 0.3 is 0 Å². The van der Waals surface area contributed by atoms with Crippen LogP contribution in [0, 0.1) is 6.92 Å². The zero-order chi connectivity index (χ0) is 20.9. The summed E-state index contributed by atoms with van der Waals surface area (Å²) in [4.78, 5) is 21.3. The SMILES string of the molecule is Cc1ccc(-c2noc(CCC(=O)N3CCN(Cc4ccc(Cl)cc4)CC3)n2)cc1. The highest BCUT2D eigenvalue weighted by Gasteiger charge is 2.21. The van der Waals surface area contributed by atoms with Gasteiger partial charge in [-0.15, -0.1) is 0 Å². The number of benzene rings is 2. The van der Waals surface area contributed by atoms with E-state index in [-0.39, 0.29) is 5.91 Å². The minimum atomic E-state index is 0.135. The molecule has 3 aromatic rings. The van der Waals surface area contributed by atoms with E-state index in [4.69, 9.17) is 16.1 Å². The Morgan fingerprint density at radius 1 is 1.03 bits per heavy atom. The molecule has 4 rings (SSSR count). The van der Waals surface area contributed by atoms with E-state index in [0.717, 1.165) is 43.3 Å². The van der Waals surface area contributed by atoms with Crippen molar-refractivity contribution in [1.82, 2.24) is 19.9 Å². The summed E-state index contributed by atoms with van der Waals surface area (Å²) in [5.74, 6) is 1.20. The Bertz CT molecular complexity index is 977. The van der Waals surface area contributed by atoms with E-state index < -0.39 is 0 Å². The molecule has 0 N–H and O–H groups in total. The minimum Gasteiger partial charge on any atom is -0.340 e. The standard InChI is InChI=1S/C23H25ClN4O2/c1-17-2-6-19(7-3-17)23-25-21(30-26-23)10-11-22(29)28-14-12-27(13-15-28)16-18-4-8-20(24)9-5-18/h2-9H,10-16H2,1H3. The Hall–Kier alpha value is -2.70. The van der Waals surface area contributed by atoms with Gasteiger partial charge in [-0.05, 0) is 24.6 Å². The van der Waals surface area contributed by atoms with E-state index >= 15 is 0 Å². The summed E-state index contributed by atoms with van der Waals surface area (Å²) >= 11 is 5.95. The Balaban J connectivity index is 1.23. The van der Waals surface area contributed by atoms with Crippen LogP contribution >= 0.6 is 11.6 Å². The van der Waals surface area contributed by atoms with Crippen LogP contribution in [0.25, 0.3) is 11.4 Å². The zero-order valence-electron chi connectivity index (χ0n) is 17.1. The average molecular weight is 425 g/mol. The van der Waals surface area contributed by atoms with E-state index in [1.54, 1.807) is 0 Å². The van der Waals surface area contributed by atoms with Gasteiger partial charge in [-0.2, -0.15) is 4.98 Å². The largest absolute Gasteiger partial charge is 0.340 e. The van der Waals surface area contributed by atoms with E-state index in [1.807, 2.05) is 48.2 Å². The summed E-state index contributed by atoms with van der Waals surface area (Å²) in [5.41, 5.74) is 3.33. The molecular weight excluding hydrogens is 400 g/mol. The second-order valence-corrected chi connectivity index (χ2v) is 8.10. The normalized spacial score (nSPS) is 14.8. The lowest BCUT2D eigenvalue weighted by atomic mass is 10.1. The molecule has 1 fully saturated rings. The van der Waals surface area contributed by atoms with Crippen LogP contribution in [0.2, 0.25) is 5.02 Å². The monoisotopic (exact) mass is 424 g/mol. The molecule has 0 saturated carbocycles. The molecule has 0 aliphatic carbocycles. The number of piperazine rings is 1. The molecule has 156 valence electrons. The van der Waals surface area contributed by atoms with Gasteiger partial charge in [0.05, 0.1) is 0 Å². The fourth-order valence-corrected chi connectivity index (χ4v) is 3.68. The first kappa shape index (κ1) is 20.6. The van der Waals surface area contributed by atoms with Crippen molar-refractivity contribution in [2.45, 2.75) is 26.3 Å². The molecule has 30 heavy (non-hydrogen) atoms. The maximum Gasteiger partial charge on any atom is 0.227 e. The Labute approximate surface area is 181 Å². The first-order valence-corrected chi connectivity index (χ1v) is 10.6. The van der Waals surface area contributed by atoms with Gasteiger partial charge < -0.3 is 9.42 Å². The molecule has 6 nitrogen and oxygen atoms in total. The smallest absolute Gasteiger partial charge is 0.227 e. The van der Waals surface area contributed by atoms with Crippen molar-refractivity contribution in [2.24, 2.45) is 0 Å². The van der Waals surface area contributed by atoms with Gasteiger partial charge in [0.2, 0.25) is 17.6 Å². The molecule has 1 aliphatic rings. The summed E-state index contributed by atoms with van der Waals surface area (Å²) in [6.07, 6.45) is 0.843. The third kappa shape index (κ3) is 5.26. The highest BCUT2D eigenvalue weighted by atomic mass is 35.5. The molecule has 2 heterocycles. The van der Waals surface area contributed by atoms with Gasteiger partial charge in [0.1, 0.15) is 0 Å². The predicted octanol–water partition coefficient (Wildman–Crippen LogP) is 3.98. The van der Waals surface area contributed by atoms with Crippen molar-refractivity contribution >= 4 is 17.5 Å². The van der Waals surface area contributed by atoms with Gasteiger partial charge in [0.25, 0.3) is 0 Å². The number of aryl methyl sites for hydroxylation is 2. The molecule has 0 unspecified atom stereocenters. The molecule has 0 atom stereocenters. The summed E-state index contributed by atoms with van der Waals surface area (Å²) in [6, 6.07) is 15.9. The van der Waals surface area contributed by atoms with Crippen LogP contribution in [0.4, 0.5) is 0 Å². The number of amides is 1. The molecule has 2 aromatic carbocycles. The highest BCUT2D eigenvalue weighted by Crippen LogP contribution is 2.17. The van der Waals surface area contributed by atoms with Crippen LogP contribution in [-0.2, 0) is 17.8 Å². The van der Waals surface area contributed by atoms with E-state index in [2.05, 4.69) is 27.2 Å². The quantitative estimate of drug-likeness (QED) is 0.599. The lowest BCUT2D eigenvalue weighted by molar-refractivity contribution is -0.133. The molecule has 0 bridgehead atoms. The van der Waals surface area contributed by atoms with Gasteiger partial charge in [-0.3, -0.25) is 9.69 Å². The number of aromatic nitrogens is 2. The summed E-state index contributed by atoms with van der Waals surface area (Å²) in [6.45, 7) is 6.13. The maximum absolute atomic E-state index is 12.6. The molecule has 0 spiro atoms. The zero-order valence-corrected chi connectivity index (χ0v) is 17.8. The summed E-state index contributed by atoms with van der Waals surface area (Å²) < 4.78 is 5.33. The van der Waals surface area contributed by atoms with E-state index in [1.165, 1.54) is 11.1 Å². The van der Waals surface area contributed by atoms with Crippen molar-refractivity contribution in [3.8, 4) is 11.4 Å². The molecule has 1 saturated heterocycles. The molecular formula is C23H25ClN4O2. The van der Waals surface area contributed by atoms with E-state index in [9.17, 15) is 4.79 Å². The van der Waals surface area contributed by atoms with Crippen LogP contribution in [0.15, 0.2) is 53.1 Å². The van der Waals surface area contributed by atoms with Crippen LogP contribution in [0.5, 0.6) is 0 Å². The fraction of sp³-hybridized carbons (Fsp3) is 0.348. The second-order valence-electron chi connectivity index (χ2n) is 7.66. The number of rotatable bonds is 6. The number of halogens is 1. The predicted molar refractivity (Wildman–Crippen MR) is 116 cm³/mol. The molecule has 7 heteroatoms. The summed E-state index contributed by atoms with van der Waals surface area (Å²) in [7, 11) is 0. The number of carbonyl (C=O) groups is 1. The van der Waals surface area contributed by atoms with Gasteiger partial charge in [-0.1, -0.05) is 58.7 Å². The Morgan fingerprint density at radius 2 is 1.73 bits per heavy atom. The second kappa shape index (κ2) is 9.41. The third-order valence-corrected chi connectivity index (χ3v) is 5.63. The first-order valence-electron chi connectivity index (χ1n) is 10.2. The molecule has 0 radical (unpaired) electrons. The number of nitrogens with zero attached hydrogens (tertiary/aromatic N) is 4. The van der Waals surface area contributed by atoms with Crippen LogP contribution in [0.3, 0.4) is 0 Å². The van der Waals surface area contributed by atoms with Crippen molar-refractivity contribution in [3.63, 3.8) is 0 Å². The van der Waals surface area contributed by atoms with Crippen LogP contribution in [0.1, 0.15) is 23.4 Å². The van der Waals surface area contributed by atoms with Crippen LogP contribution < -0.4 is 0 Å². The number of carbonyl (C=O) groups excluding carboxylic acids is 1. The van der Waals surface area contributed by atoms with Gasteiger partial charge in [0, 0.05) is 56.2 Å². The maximum atomic E-state index is 12.6. The minimum absolute atomic E-state index is 0.135. The Morgan fingerprint density at radius 3 is 2.43 bits per heavy atom. The highest BCUT2D eigenvalue weighted by molar-refractivity contribution is 6.30. The van der Waals surface area contributed by atoms with Crippen LogP contribution in [-0.4, -0.2) is 52.0 Å². The average Bonchev–Trinajstić information content (AvgIpc) is 3.24. The lowest BCUT2D eigenvalue weighted by Gasteiger charge is -2.34. The lowest BCUT2D eigenvalue weighted by Crippen LogP contribution is -2.48. The fourth-order valence-electron chi connectivity index (χ4n) is 3.55. The first-order chi connectivity index (χ1) is 14.6. The van der Waals surface area contributed by atoms with Crippen molar-refractivity contribution < 1.29 is 9.32 Å². The van der Waals surface area contributed by atoms with Crippen molar-refractivity contribution in [1.29, 1.82) is 0 Å². The Kier molecular flexibility index (Phi) is 6.45. The molecule has 1 amide bonds. The van der Waals surface area contributed by atoms with Gasteiger partial charge in [0.15, 0.2) is 0 Å². The van der Waals surface area contributed by atoms with Gasteiger partial charge in [-0.25, -0.2) is 0 Å². The summed E-state index contributed by atoms with van der Waals surface area (Å²) in [5, 5.41) is 4.79.